The third-order valence-corrected chi connectivity index (χ3v) is 6.90. The maximum atomic E-state index is 15.3. The monoisotopic (exact) mass is 595 g/mol. The van der Waals surface area contributed by atoms with Crippen molar-refractivity contribution in [2.45, 2.75) is 19.0 Å². The van der Waals surface area contributed by atoms with E-state index >= 15 is 4.39 Å². The van der Waals surface area contributed by atoms with Crippen molar-refractivity contribution in [3.05, 3.63) is 119 Å². The first kappa shape index (κ1) is 27.1. The summed E-state index contributed by atoms with van der Waals surface area (Å²) in [6.45, 7) is -2.80. The molecule has 0 bridgehead atoms. The van der Waals surface area contributed by atoms with Crippen LogP contribution in [0.5, 0.6) is 0 Å². The molecular weight excluding hydrogens is 578 g/mol. The van der Waals surface area contributed by atoms with E-state index in [2.05, 4.69) is 25.7 Å². The number of halogens is 5. The van der Waals surface area contributed by atoms with Gasteiger partial charge in [0.05, 0.1) is 33.7 Å². The first-order valence-electron chi connectivity index (χ1n) is 12.4. The van der Waals surface area contributed by atoms with Gasteiger partial charge in [0.2, 0.25) is 5.69 Å². The van der Waals surface area contributed by atoms with Gasteiger partial charge in [-0.3, -0.25) is 4.68 Å². The molecule has 0 saturated carbocycles. The summed E-state index contributed by atoms with van der Waals surface area (Å²) >= 11 is 6.06. The lowest BCUT2D eigenvalue weighted by Crippen LogP contribution is -2.36. The Morgan fingerprint density at radius 2 is 1.76 bits per heavy atom. The van der Waals surface area contributed by atoms with E-state index in [-0.39, 0.29) is 39.6 Å². The third-order valence-electron chi connectivity index (χ3n) is 6.61. The number of alkyl halides is 2. The topological polar surface area (TPSA) is 106 Å². The molecule has 212 valence electrons. The molecule has 2 aromatic carbocycles. The number of rotatable bonds is 8. The zero-order chi connectivity index (χ0) is 29.4. The Labute approximate surface area is 239 Å². The van der Waals surface area contributed by atoms with Gasteiger partial charge in [0.25, 0.3) is 0 Å². The van der Waals surface area contributed by atoms with E-state index in [9.17, 15) is 18.4 Å². The van der Waals surface area contributed by atoms with Gasteiger partial charge in [0.1, 0.15) is 18.2 Å². The number of nitrogens with zero attached hydrogens (tertiary/aromatic N) is 9. The second-order valence-corrected chi connectivity index (χ2v) is 9.60. The van der Waals surface area contributed by atoms with Crippen LogP contribution in [0.4, 0.5) is 17.6 Å². The lowest BCUT2D eigenvalue weighted by atomic mass is 10.00. The largest absolute Gasteiger partial charge is 0.618 e. The zero-order valence-electron chi connectivity index (χ0n) is 21.3. The molecular formula is C27H18ClF4N9O. The van der Waals surface area contributed by atoms with Crippen molar-refractivity contribution in [2.24, 2.45) is 0 Å². The lowest BCUT2D eigenvalue weighted by Gasteiger charge is -2.18. The highest BCUT2D eigenvalue weighted by atomic mass is 35.5. The minimum atomic E-state index is -2.80. The number of hydrogen-bond donors (Lipinski definition) is 0. The quantitative estimate of drug-likeness (QED) is 0.136. The molecule has 0 radical (unpaired) electrons. The molecule has 6 rings (SSSR count). The van der Waals surface area contributed by atoms with Gasteiger partial charge in [0.15, 0.2) is 12.0 Å². The molecule has 10 nitrogen and oxygen atoms in total. The molecule has 0 aliphatic rings. The van der Waals surface area contributed by atoms with E-state index in [4.69, 9.17) is 11.6 Å². The van der Waals surface area contributed by atoms with Crippen molar-refractivity contribution < 1.29 is 22.3 Å². The average Bonchev–Trinajstić information content (AvgIpc) is 3.76. The second-order valence-electron chi connectivity index (χ2n) is 9.19. The van der Waals surface area contributed by atoms with Crippen LogP contribution in [0.15, 0.2) is 85.7 Å². The van der Waals surface area contributed by atoms with Crippen LogP contribution in [0.25, 0.3) is 28.1 Å². The molecule has 4 heterocycles. The highest BCUT2D eigenvalue weighted by molar-refractivity contribution is 6.31. The van der Waals surface area contributed by atoms with E-state index in [1.54, 1.807) is 24.4 Å². The predicted octanol–water partition coefficient (Wildman–Crippen LogP) is 5.18. The number of hydrogen-bond acceptors (Lipinski definition) is 6. The molecule has 0 N–H and O–H groups in total. The highest BCUT2D eigenvalue weighted by Gasteiger charge is 2.26. The third kappa shape index (κ3) is 5.19. The predicted molar refractivity (Wildman–Crippen MR) is 141 cm³/mol. The lowest BCUT2D eigenvalue weighted by molar-refractivity contribution is -0.615. The van der Waals surface area contributed by atoms with E-state index < -0.39 is 24.2 Å². The summed E-state index contributed by atoms with van der Waals surface area (Å²) in [6, 6.07) is 12.4. The zero-order valence-corrected chi connectivity index (χ0v) is 22.0. The number of pyridine rings is 1. The molecule has 0 spiro atoms. The van der Waals surface area contributed by atoms with Crippen molar-refractivity contribution in [3.8, 4) is 28.1 Å². The normalized spacial score (nSPS) is 12.2. The van der Waals surface area contributed by atoms with Gasteiger partial charge in [-0.15, -0.1) is 5.10 Å². The Morgan fingerprint density at radius 3 is 2.45 bits per heavy atom. The summed E-state index contributed by atoms with van der Waals surface area (Å²) in [5.41, 5.74) is 2.11. The number of benzene rings is 2. The summed E-state index contributed by atoms with van der Waals surface area (Å²) in [7, 11) is 0. The van der Waals surface area contributed by atoms with E-state index in [1.165, 1.54) is 64.5 Å². The van der Waals surface area contributed by atoms with Crippen LogP contribution in [0.1, 0.15) is 23.8 Å². The van der Waals surface area contributed by atoms with Crippen molar-refractivity contribution in [2.75, 3.05) is 0 Å². The Bertz CT molecular complexity index is 1860. The summed E-state index contributed by atoms with van der Waals surface area (Å²) in [5.74, 6) is -1.18. The Kier molecular flexibility index (Phi) is 7.12. The number of aromatic nitrogens is 9. The minimum Gasteiger partial charge on any atom is -0.618 e. The Hall–Kier alpha value is -5.11. The van der Waals surface area contributed by atoms with Crippen molar-refractivity contribution >= 4 is 11.6 Å². The summed E-state index contributed by atoms with van der Waals surface area (Å²) in [5, 5.41) is 32.6. The molecule has 0 saturated heterocycles. The van der Waals surface area contributed by atoms with Gasteiger partial charge in [-0.2, -0.15) is 28.4 Å². The maximum Gasteiger partial charge on any atom is 0.333 e. The van der Waals surface area contributed by atoms with E-state index in [1.807, 2.05) is 0 Å². The molecule has 1 atom stereocenters. The van der Waals surface area contributed by atoms with Crippen LogP contribution in [-0.4, -0.2) is 39.8 Å². The fourth-order valence-corrected chi connectivity index (χ4v) is 4.75. The standard InChI is InChI=1S/C27H18ClF4N9O/c28-20-6-8-23(40-15-33-36-37-40)25(26(20)30)17-3-7-22(41(42)14-17)24(11-16-1-4-19(29)5-2-16)39-13-18(12-34-39)21-9-10-38(35-21)27(31)32/h1-10,12-15,24,27H,11H2. The minimum absolute atomic E-state index is 0.0111. The fourth-order valence-electron chi connectivity index (χ4n) is 4.59. The van der Waals surface area contributed by atoms with Crippen molar-refractivity contribution in [3.63, 3.8) is 0 Å². The molecule has 6 aromatic rings. The van der Waals surface area contributed by atoms with E-state index in [0.29, 0.717) is 20.5 Å². The molecule has 15 heteroatoms. The van der Waals surface area contributed by atoms with Crippen LogP contribution >= 0.6 is 11.6 Å². The Morgan fingerprint density at radius 1 is 0.952 bits per heavy atom. The molecule has 0 fully saturated rings. The second kappa shape index (κ2) is 11.0. The molecule has 1 unspecified atom stereocenters. The smallest absolute Gasteiger partial charge is 0.333 e. The first-order valence-corrected chi connectivity index (χ1v) is 12.7. The van der Waals surface area contributed by atoms with Crippen LogP contribution in [-0.2, 0) is 6.42 Å². The molecule has 0 aliphatic carbocycles. The van der Waals surface area contributed by atoms with Gasteiger partial charge < -0.3 is 5.21 Å². The van der Waals surface area contributed by atoms with Crippen LogP contribution in [0, 0.1) is 16.8 Å². The van der Waals surface area contributed by atoms with Crippen molar-refractivity contribution in [1.29, 1.82) is 0 Å². The molecule has 0 aliphatic heterocycles. The van der Waals surface area contributed by atoms with Gasteiger partial charge in [-0.1, -0.05) is 23.7 Å². The van der Waals surface area contributed by atoms with Gasteiger partial charge in [0, 0.05) is 30.4 Å². The summed E-state index contributed by atoms with van der Waals surface area (Å²) in [6.07, 6.45) is 6.87. The molecule has 4 aromatic heterocycles. The van der Waals surface area contributed by atoms with E-state index in [0.717, 1.165) is 6.20 Å². The first-order chi connectivity index (χ1) is 20.3. The van der Waals surface area contributed by atoms with Crippen LogP contribution in [0.2, 0.25) is 5.02 Å². The SMILES string of the molecule is [O-][n+]1cc(-c2c(-n3cnnn3)ccc(Cl)c2F)ccc1C(Cc1ccc(F)cc1)n1cc(-c2ccn(C(F)F)n2)cn1. The fraction of sp³-hybridized carbons (Fsp3) is 0.111. The highest BCUT2D eigenvalue weighted by Crippen LogP contribution is 2.34. The van der Waals surface area contributed by atoms with Crippen LogP contribution < -0.4 is 4.73 Å². The Balaban J connectivity index is 1.42. The number of tetrazole rings is 1. The van der Waals surface area contributed by atoms with Crippen molar-refractivity contribution in [1.82, 2.24) is 39.8 Å². The van der Waals surface area contributed by atoms with Crippen LogP contribution in [0.3, 0.4) is 0 Å². The molecule has 0 amide bonds. The average molecular weight is 596 g/mol. The van der Waals surface area contributed by atoms with Gasteiger partial charge >= 0.3 is 6.55 Å². The van der Waals surface area contributed by atoms with Gasteiger partial charge in [-0.05, 0) is 52.4 Å². The summed E-state index contributed by atoms with van der Waals surface area (Å²) < 4.78 is 58.8. The molecule has 42 heavy (non-hydrogen) atoms. The summed E-state index contributed by atoms with van der Waals surface area (Å²) in [4.78, 5) is 0. The van der Waals surface area contributed by atoms with Gasteiger partial charge in [-0.25, -0.2) is 13.5 Å². The maximum absolute atomic E-state index is 15.3.